The largest absolute Gasteiger partial charge is 0.481 e. The number of rotatable bonds is 15. The number of carboxylic acid groups (broad SMARTS) is 2. The van der Waals surface area contributed by atoms with Gasteiger partial charge < -0.3 is 19.7 Å². The molecule has 0 bridgehead atoms. The summed E-state index contributed by atoms with van der Waals surface area (Å²) in [6.07, 6.45) is 3.10. The van der Waals surface area contributed by atoms with Crippen molar-refractivity contribution >= 4 is 11.9 Å². The van der Waals surface area contributed by atoms with Crippen LogP contribution in [0.2, 0.25) is 0 Å². The fourth-order valence-electron chi connectivity index (χ4n) is 3.06. The Morgan fingerprint density at radius 1 is 0.897 bits per heavy atom. The Morgan fingerprint density at radius 3 is 1.90 bits per heavy atom. The van der Waals surface area contributed by atoms with Crippen LogP contribution >= 0.6 is 0 Å². The molecule has 6 heteroatoms. The third kappa shape index (κ3) is 11.0. The lowest BCUT2D eigenvalue weighted by Crippen LogP contribution is -2.23. The van der Waals surface area contributed by atoms with Crippen LogP contribution < -0.4 is 0 Å². The zero-order valence-corrected chi connectivity index (χ0v) is 18.2. The summed E-state index contributed by atoms with van der Waals surface area (Å²) in [6.45, 7) is 9.52. The lowest BCUT2D eigenvalue weighted by atomic mass is 9.84. The summed E-state index contributed by atoms with van der Waals surface area (Å²) in [5.74, 6) is -1.55. The van der Waals surface area contributed by atoms with Crippen molar-refractivity contribution in [3.8, 4) is 0 Å². The summed E-state index contributed by atoms with van der Waals surface area (Å²) >= 11 is 0. The molecule has 164 valence electrons. The summed E-state index contributed by atoms with van der Waals surface area (Å²) < 4.78 is 11.4. The number of hydrogen-bond acceptors (Lipinski definition) is 4. The third-order valence-electron chi connectivity index (χ3n) is 4.97. The van der Waals surface area contributed by atoms with E-state index in [1.165, 1.54) is 0 Å². The minimum absolute atomic E-state index is 0.169. The van der Waals surface area contributed by atoms with Crippen LogP contribution in [-0.4, -0.2) is 35.4 Å². The molecule has 0 fully saturated rings. The molecule has 0 saturated carbocycles. The van der Waals surface area contributed by atoms with E-state index in [9.17, 15) is 9.59 Å². The molecule has 0 amide bonds. The standard InChI is InChI=1S/C23H36O6/c1-22(2,15-20(24)25)10-6-12-28-16-18-8-5-9-19(14-18)17-29-13-7-11-23(3,4)21(26)27/h5,8-9,14H,6-7,10-13,15-17H2,1-4H3,(H,24,25)(H,26,27). The molecule has 0 aliphatic heterocycles. The summed E-state index contributed by atoms with van der Waals surface area (Å²) in [7, 11) is 0. The molecule has 29 heavy (non-hydrogen) atoms. The third-order valence-corrected chi connectivity index (χ3v) is 4.97. The van der Waals surface area contributed by atoms with Gasteiger partial charge in [0.05, 0.1) is 25.0 Å². The van der Waals surface area contributed by atoms with Gasteiger partial charge in [-0.05, 0) is 56.1 Å². The number of benzene rings is 1. The van der Waals surface area contributed by atoms with E-state index in [0.717, 1.165) is 24.0 Å². The number of carboxylic acids is 2. The first-order valence-corrected chi connectivity index (χ1v) is 10.2. The Hall–Kier alpha value is -1.92. The first-order chi connectivity index (χ1) is 13.5. The molecular formula is C23H36O6. The molecule has 0 spiro atoms. The molecule has 0 atom stereocenters. The van der Waals surface area contributed by atoms with E-state index in [4.69, 9.17) is 19.7 Å². The van der Waals surface area contributed by atoms with Gasteiger partial charge in [0.25, 0.3) is 0 Å². The van der Waals surface area contributed by atoms with Crippen molar-refractivity contribution in [1.29, 1.82) is 0 Å². The van der Waals surface area contributed by atoms with Crippen molar-refractivity contribution in [3.05, 3.63) is 35.4 Å². The molecule has 0 unspecified atom stereocenters. The molecule has 0 radical (unpaired) electrons. The number of carbonyl (C=O) groups is 2. The van der Waals surface area contributed by atoms with Crippen molar-refractivity contribution in [3.63, 3.8) is 0 Å². The van der Waals surface area contributed by atoms with Gasteiger partial charge in [0.2, 0.25) is 0 Å². The average Bonchev–Trinajstić information content (AvgIpc) is 2.60. The molecule has 0 aliphatic rings. The van der Waals surface area contributed by atoms with Gasteiger partial charge in [0.15, 0.2) is 0 Å². The van der Waals surface area contributed by atoms with E-state index in [2.05, 4.69) is 6.07 Å². The molecule has 2 N–H and O–H groups in total. The van der Waals surface area contributed by atoms with E-state index >= 15 is 0 Å². The van der Waals surface area contributed by atoms with Crippen LogP contribution in [0, 0.1) is 10.8 Å². The van der Waals surface area contributed by atoms with E-state index < -0.39 is 17.4 Å². The molecule has 1 aromatic carbocycles. The molecule has 0 heterocycles. The molecule has 1 aromatic rings. The van der Waals surface area contributed by atoms with Gasteiger partial charge in [-0.15, -0.1) is 0 Å². The smallest absolute Gasteiger partial charge is 0.309 e. The van der Waals surface area contributed by atoms with E-state index in [-0.39, 0.29) is 11.8 Å². The van der Waals surface area contributed by atoms with Crippen molar-refractivity contribution < 1.29 is 29.3 Å². The Balaban J connectivity index is 2.26. The minimum atomic E-state index is -0.782. The van der Waals surface area contributed by atoms with Crippen LogP contribution in [0.1, 0.15) is 70.9 Å². The highest BCUT2D eigenvalue weighted by molar-refractivity contribution is 5.73. The lowest BCUT2D eigenvalue weighted by molar-refractivity contribution is -0.147. The van der Waals surface area contributed by atoms with Crippen LogP contribution in [0.4, 0.5) is 0 Å². The maximum atomic E-state index is 11.1. The second-order valence-corrected chi connectivity index (χ2v) is 9.06. The number of ether oxygens (including phenoxy) is 2. The first-order valence-electron chi connectivity index (χ1n) is 10.2. The van der Waals surface area contributed by atoms with Gasteiger partial charge >= 0.3 is 11.9 Å². The Morgan fingerprint density at radius 2 is 1.41 bits per heavy atom. The summed E-state index contributed by atoms with van der Waals surface area (Å²) in [6, 6.07) is 8.03. The molecule has 6 nitrogen and oxygen atoms in total. The van der Waals surface area contributed by atoms with Crippen LogP contribution in [0.25, 0.3) is 0 Å². The second kappa shape index (κ2) is 11.9. The predicted molar refractivity (Wildman–Crippen MR) is 112 cm³/mol. The first kappa shape index (κ1) is 25.1. The average molecular weight is 409 g/mol. The van der Waals surface area contributed by atoms with Crippen molar-refractivity contribution in [2.75, 3.05) is 13.2 Å². The summed E-state index contributed by atoms with van der Waals surface area (Å²) in [5, 5.41) is 18.0. The fraction of sp³-hybridized carbons (Fsp3) is 0.652. The predicted octanol–water partition coefficient (Wildman–Crippen LogP) is 4.89. The fourth-order valence-corrected chi connectivity index (χ4v) is 3.06. The molecule has 0 saturated heterocycles. The van der Waals surface area contributed by atoms with Gasteiger partial charge in [-0.3, -0.25) is 9.59 Å². The maximum Gasteiger partial charge on any atom is 0.309 e. The number of hydrogen-bond donors (Lipinski definition) is 2. The highest BCUT2D eigenvalue weighted by atomic mass is 16.5. The summed E-state index contributed by atoms with van der Waals surface area (Å²) in [4.78, 5) is 21.9. The molecular weight excluding hydrogens is 372 g/mol. The van der Waals surface area contributed by atoms with Crippen LogP contribution in [0.5, 0.6) is 0 Å². The topological polar surface area (TPSA) is 93.1 Å². The molecule has 1 rings (SSSR count). The zero-order chi connectivity index (χ0) is 21.9. The normalized spacial score (nSPS) is 12.1. The molecule has 0 aliphatic carbocycles. The monoisotopic (exact) mass is 408 g/mol. The quantitative estimate of drug-likeness (QED) is 0.401. The number of aliphatic carboxylic acids is 2. The Bertz CT molecular complexity index is 651. The van der Waals surface area contributed by atoms with E-state index in [0.29, 0.717) is 39.3 Å². The van der Waals surface area contributed by atoms with Crippen molar-refractivity contribution in [2.24, 2.45) is 10.8 Å². The highest BCUT2D eigenvalue weighted by Crippen LogP contribution is 2.26. The molecule has 0 aromatic heterocycles. The minimum Gasteiger partial charge on any atom is -0.481 e. The Kier molecular flexibility index (Phi) is 10.3. The van der Waals surface area contributed by atoms with Crippen molar-refractivity contribution in [2.45, 2.75) is 73.0 Å². The van der Waals surface area contributed by atoms with Gasteiger partial charge in [0.1, 0.15) is 0 Å². The van der Waals surface area contributed by atoms with Gasteiger partial charge in [0, 0.05) is 13.2 Å². The lowest BCUT2D eigenvalue weighted by Gasteiger charge is -2.22. The van der Waals surface area contributed by atoms with Crippen molar-refractivity contribution in [1.82, 2.24) is 0 Å². The van der Waals surface area contributed by atoms with E-state index in [1.807, 2.05) is 32.0 Å². The second-order valence-electron chi connectivity index (χ2n) is 9.06. The van der Waals surface area contributed by atoms with Crippen LogP contribution in [-0.2, 0) is 32.3 Å². The Labute approximate surface area is 174 Å². The van der Waals surface area contributed by atoms with Crippen LogP contribution in [0.3, 0.4) is 0 Å². The van der Waals surface area contributed by atoms with Gasteiger partial charge in [-0.1, -0.05) is 38.1 Å². The highest BCUT2D eigenvalue weighted by Gasteiger charge is 2.26. The zero-order valence-electron chi connectivity index (χ0n) is 18.2. The van der Waals surface area contributed by atoms with E-state index in [1.54, 1.807) is 13.8 Å². The van der Waals surface area contributed by atoms with Gasteiger partial charge in [-0.25, -0.2) is 0 Å². The van der Waals surface area contributed by atoms with Gasteiger partial charge in [-0.2, -0.15) is 0 Å². The van der Waals surface area contributed by atoms with Crippen LogP contribution in [0.15, 0.2) is 24.3 Å². The SMILES string of the molecule is CC(C)(CCCOCc1cccc(COCCCC(C)(C)C(=O)O)c1)CC(=O)O. The summed E-state index contributed by atoms with van der Waals surface area (Å²) in [5.41, 5.74) is 1.20. The maximum absolute atomic E-state index is 11.1.